The average Bonchev–Trinajstić information content (AvgIpc) is 3.26. The number of nitrogens with one attached hydrogen (secondary N) is 1. The number of hydrogen-bond acceptors (Lipinski definition) is 3. The highest BCUT2D eigenvalue weighted by atomic mass is 16.4. The summed E-state index contributed by atoms with van der Waals surface area (Å²) in [4.78, 5) is 23.8. The lowest BCUT2D eigenvalue weighted by molar-refractivity contribution is 0.0699. The van der Waals surface area contributed by atoms with Crippen molar-refractivity contribution in [2.24, 2.45) is 0 Å². The summed E-state index contributed by atoms with van der Waals surface area (Å²) in [5.74, 6) is -1.41. The second kappa shape index (κ2) is 4.86. The molecular weight excluding hydrogens is 270 g/mol. The Morgan fingerprint density at radius 1 is 1.10 bits per heavy atom. The van der Waals surface area contributed by atoms with Crippen molar-refractivity contribution in [3.05, 3.63) is 47.5 Å². The molecule has 0 aliphatic heterocycles. The minimum Gasteiger partial charge on any atom is -0.478 e. The lowest BCUT2D eigenvalue weighted by atomic mass is 9.98. The van der Waals surface area contributed by atoms with Gasteiger partial charge in [-0.3, -0.25) is 4.79 Å². The Labute approximate surface area is 121 Å². The van der Waals surface area contributed by atoms with Crippen molar-refractivity contribution in [1.82, 2.24) is 5.32 Å². The molecule has 1 aliphatic carbocycles. The smallest absolute Gasteiger partial charge is 0.336 e. The van der Waals surface area contributed by atoms with Gasteiger partial charge in [0.15, 0.2) is 0 Å². The second-order valence-corrected chi connectivity index (χ2v) is 5.41. The van der Waals surface area contributed by atoms with Crippen LogP contribution in [0.4, 0.5) is 0 Å². The number of hydrogen-bond donors (Lipinski definition) is 3. The zero-order chi connectivity index (χ0) is 15.0. The van der Waals surface area contributed by atoms with Crippen molar-refractivity contribution in [1.29, 1.82) is 0 Å². The largest absolute Gasteiger partial charge is 0.478 e. The maximum atomic E-state index is 12.4. The molecule has 0 saturated heterocycles. The van der Waals surface area contributed by atoms with Crippen LogP contribution in [0.15, 0.2) is 36.4 Å². The third-order valence-corrected chi connectivity index (χ3v) is 3.91. The normalized spacial score (nSPS) is 15.7. The van der Waals surface area contributed by atoms with Crippen LogP contribution in [0.1, 0.15) is 33.6 Å². The van der Waals surface area contributed by atoms with Crippen molar-refractivity contribution >= 4 is 22.6 Å². The molecule has 1 aliphatic rings. The number of carboxylic acid groups (broad SMARTS) is 1. The molecule has 5 heteroatoms. The first-order chi connectivity index (χ1) is 10.1. The summed E-state index contributed by atoms with van der Waals surface area (Å²) in [6.07, 6.45) is 1.48. The molecule has 1 amide bonds. The van der Waals surface area contributed by atoms with Crippen LogP contribution in [-0.2, 0) is 0 Å². The Balaban J connectivity index is 2.09. The summed E-state index contributed by atoms with van der Waals surface area (Å²) in [5, 5.41) is 22.6. The van der Waals surface area contributed by atoms with E-state index in [9.17, 15) is 19.8 Å². The van der Waals surface area contributed by atoms with Gasteiger partial charge in [-0.25, -0.2) is 4.79 Å². The van der Waals surface area contributed by atoms with E-state index in [1.165, 1.54) is 6.07 Å². The van der Waals surface area contributed by atoms with Gasteiger partial charge in [-0.1, -0.05) is 24.3 Å². The molecule has 2 aromatic carbocycles. The lowest BCUT2D eigenvalue weighted by Crippen LogP contribution is -2.39. The van der Waals surface area contributed by atoms with E-state index in [-0.39, 0.29) is 18.1 Å². The molecular formula is C16H15NO4. The van der Waals surface area contributed by atoms with Crippen LogP contribution in [0, 0.1) is 0 Å². The summed E-state index contributed by atoms with van der Waals surface area (Å²) >= 11 is 0. The Kier molecular flexibility index (Phi) is 3.14. The van der Waals surface area contributed by atoms with E-state index in [4.69, 9.17) is 0 Å². The van der Waals surface area contributed by atoms with Crippen LogP contribution in [0.3, 0.4) is 0 Å². The quantitative estimate of drug-likeness (QED) is 0.799. The van der Waals surface area contributed by atoms with E-state index < -0.39 is 11.5 Å². The molecule has 1 fully saturated rings. The number of fused-ring (bicyclic) bond motifs is 1. The van der Waals surface area contributed by atoms with Crippen LogP contribution in [0.5, 0.6) is 0 Å². The SMILES string of the molecule is O=C(O)c1cccc2cccc(C(=O)NC3(CO)CC3)c12. The minimum absolute atomic E-state index is 0.102. The molecule has 0 spiro atoms. The van der Waals surface area contributed by atoms with Crippen molar-refractivity contribution in [2.75, 3.05) is 6.61 Å². The van der Waals surface area contributed by atoms with Gasteiger partial charge in [0.2, 0.25) is 0 Å². The number of rotatable bonds is 4. The third-order valence-electron chi connectivity index (χ3n) is 3.91. The average molecular weight is 285 g/mol. The third kappa shape index (κ3) is 2.36. The summed E-state index contributed by atoms with van der Waals surface area (Å²) in [5.41, 5.74) is -0.102. The Bertz CT molecular complexity index is 729. The molecule has 2 aromatic rings. The van der Waals surface area contributed by atoms with E-state index in [1.54, 1.807) is 30.3 Å². The molecule has 0 heterocycles. The van der Waals surface area contributed by atoms with Crippen LogP contribution < -0.4 is 5.32 Å². The van der Waals surface area contributed by atoms with Gasteiger partial charge < -0.3 is 15.5 Å². The number of aliphatic hydroxyl groups excluding tert-OH is 1. The predicted octanol–water partition coefficient (Wildman–Crippen LogP) is 1.79. The highest BCUT2D eigenvalue weighted by Crippen LogP contribution is 2.35. The van der Waals surface area contributed by atoms with Crippen molar-refractivity contribution in [2.45, 2.75) is 18.4 Å². The maximum absolute atomic E-state index is 12.4. The Morgan fingerprint density at radius 2 is 1.71 bits per heavy atom. The minimum atomic E-state index is -1.07. The Hall–Kier alpha value is -2.40. The van der Waals surface area contributed by atoms with Crippen molar-refractivity contribution in [3.63, 3.8) is 0 Å². The molecule has 3 rings (SSSR count). The van der Waals surface area contributed by atoms with Gasteiger partial charge in [0.05, 0.1) is 17.7 Å². The maximum Gasteiger partial charge on any atom is 0.336 e. The lowest BCUT2D eigenvalue weighted by Gasteiger charge is -2.16. The summed E-state index contributed by atoms with van der Waals surface area (Å²) in [6, 6.07) is 10.0. The van der Waals surface area contributed by atoms with Crippen molar-refractivity contribution in [3.8, 4) is 0 Å². The van der Waals surface area contributed by atoms with Gasteiger partial charge in [0, 0.05) is 10.9 Å². The van der Waals surface area contributed by atoms with E-state index in [0.29, 0.717) is 16.3 Å². The van der Waals surface area contributed by atoms with Gasteiger partial charge >= 0.3 is 5.97 Å². The van der Waals surface area contributed by atoms with Gasteiger partial charge in [0.1, 0.15) is 0 Å². The highest BCUT2D eigenvalue weighted by Gasteiger charge is 2.43. The number of aromatic carboxylic acids is 1. The number of aliphatic hydroxyl groups is 1. The van der Waals surface area contributed by atoms with Crippen molar-refractivity contribution < 1.29 is 19.8 Å². The fourth-order valence-electron chi connectivity index (χ4n) is 2.49. The van der Waals surface area contributed by atoms with Gasteiger partial charge in [-0.15, -0.1) is 0 Å². The van der Waals surface area contributed by atoms with Crippen LogP contribution >= 0.6 is 0 Å². The first-order valence-corrected chi connectivity index (χ1v) is 6.75. The number of benzene rings is 2. The standard InChI is InChI=1S/C16H15NO4/c18-9-16(7-8-16)17-14(19)11-5-1-3-10-4-2-6-12(13(10)11)15(20)21/h1-6,18H,7-9H2,(H,17,19)(H,20,21). The summed E-state index contributed by atoms with van der Waals surface area (Å²) < 4.78 is 0. The first kappa shape index (κ1) is 13.6. The molecule has 0 radical (unpaired) electrons. The predicted molar refractivity (Wildman–Crippen MR) is 77.4 cm³/mol. The van der Waals surface area contributed by atoms with E-state index >= 15 is 0 Å². The molecule has 5 nitrogen and oxygen atoms in total. The van der Waals surface area contributed by atoms with E-state index in [2.05, 4.69) is 5.32 Å². The van der Waals surface area contributed by atoms with Crippen LogP contribution in [0.25, 0.3) is 10.8 Å². The van der Waals surface area contributed by atoms with E-state index in [0.717, 1.165) is 12.8 Å². The Morgan fingerprint density at radius 3 is 2.24 bits per heavy atom. The second-order valence-electron chi connectivity index (χ2n) is 5.41. The zero-order valence-corrected chi connectivity index (χ0v) is 11.3. The van der Waals surface area contributed by atoms with Crippen LogP contribution in [0.2, 0.25) is 0 Å². The fourth-order valence-corrected chi connectivity index (χ4v) is 2.49. The first-order valence-electron chi connectivity index (χ1n) is 6.75. The number of amides is 1. The van der Waals surface area contributed by atoms with E-state index in [1.807, 2.05) is 0 Å². The molecule has 0 unspecified atom stereocenters. The summed E-state index contributed by atoms with van der Waals surface area (Å²) in [6.45, 7) is -0.102. The molecule has 21 heavy (non-hydrogen) atoms. The van der Waals surface area contributed by atoms with Gasteiger partial charge in [-0.2, -0.15) is 0 Å². The molecule has 108 valence electrons. The van der Waals surface area contributed by atoms with Crippen LogP contribution in [-0.4, -0.2) is 34.2 Å². The highest BCUT2D eigenvalue weighted by molar-refractivity contribution is 6.14. The molecule has 0 bridgehead atoms. The molecule has 0 aromatic heterocycles. The monoisotopic (exact) mass is 285 g/mol. The molecule has 1 saturated carbocycles. The fraction of sp³-hybridized carbons (Fsp3) is 0.250. The number of carbonyl (C=O) groups is 2. The number of carboxylic acids is 1. The summed E-state index contributed by atoms with van der Waals surface area (Å²) in [7, 11) is 0. The molecule has 3 N–H and O–H groups in total. The number of carbonyl (C=O) groups excluding carboxylic acids is 1. The zero-order valence-electron chi connectivity index (χ0n) is 11.3. The molecule has 0 atom stereocenters. The van der Waals surface area contributed by atoms with Gasteiger partial charge in [-0.05, 0) is 30.4 Å². The van der Waals surface area contributed by atoms with Gasteiger partial charge in [0.25, 0.3) is 5.91 Å². The topological polar surface area (TPSA) is 86.6 Å².